The molecule has 1 aliphatic rings. The number of nitrogen functional groups attached to an aromatic ring is 1. The van der Waals surface area contributed by atoms with Crippen LogP contribution in [0.3, 0.4) is 0 Å². The van der Waals surface area contributed by atoms with E-state index in [4.69, 9.17) is 10.5 Å². The normalized spacial score (nSPS) is 17.0. The van der Waals surface area contributed by atoms with E-state index in [9.17, 15) is 9.59 Å². The molecular weight excluding hydrogens is 280 g/mol. The Hall–Kier alpha value is -2.04. The molecule has 0 aromatic heterocycles. The van der Waals surface area contributed by atoms with Crippen LogP contribution in [0.15, 0.2) is 18.2 Å². The summed E-state index contributed by atoms with van der Waals surface area (Å²) in [6.45, 7) is 2.52. The second-order valence-electron chi connectivity index (χ2n) is 5.75. The standard InChI is InChI=1S/C17H24N2O3/c1-3-4-5-6-16(20)19-11-13-9-14(18)8-7-12(13)10-15(19)17(21)22-2/h7-9,15H,3-6,10-11,18H2,1-2H3/t15-/m0/s1. The molecule has 2 N–H and O–H groups in total. The highest BCUT2D eigenvalue weighted by Gasteiger charge is 2.34. The first-order chi connectivity index (χ1) is 10.6. The summed E-state index contributed by atoms with van der Waals surface area (Å²) in [5.74, 6) is -0.344. The molecule has 0 aliphatic carbocycles. The highest BCUT2D eigenvalue weighted by molar-refractivity contribution is 5.85. The molecule has 5 nitrogen and oxygen atoms in total. The van der Waals surface area contributed by atoms with E-state index in [2.05, 4.69) is 6.92 Å². The van der Waals surface area contributed by atoms with Gasteiger partial charge in [-0.25, -0.2) is 4.79 Å². The van der Waals surface area contributed by atoms with Crippen molar-refractivity contribution >= 4 is 17.6 Å². The van der Waals surface area contributed by atoms with Gasteiger partial charge in [0.2, 0.25) is 5.91 Å². The second kappa shape index (κ2) is 7.29. The lowest BCUT2D eigenvalue weighted by molar-refractivity contribution is -0.154. The Labute approximate surface area is 131 Å². The van der Waals surface area contributed by atoms with E-state index in [0.717, 1.165) is 30.4 Å². The summed E-state index contributed by atoms with van der Waals surface area (Å²) in [6.07, 6.45) is 3.89. The molecule has 1 heterocycles. The Morgan fingerprint density at radius 3 is 2.77 bits per heavy atom. The van der Waals surface area contributed by atoms with Crippen molar-refractivity contribution in [2.45, 2.75) is 51.6 Å². The maximum Gasteiger partial charge on any atom is 0.328 e. The number of carbonyl (C=O) groups excluding carboxylic acids is 2. The van der Waals surface area contributed by atoms with Gasteiger partial charge in [0.25, 0.3) is 0 Å². The highest BCUT2D eigenvalue weighted by atomic mass is 16.5. The maximum atomic E-state index is 12.5. The van der Waals surface area contributed by atoms with E-state index >= 15 is 0 Å². The number of unbranched alkanes of at least 4 members (excludes halogenated alkanes) is 2. The minimum Gasteiger partial charge on any atom is -0.467 e. The summed E-state index contributed by atoms with van der Waals surface area (Å²) in [6, 6.07) is 5.11. The van der Waals surface area contributed by atoms with Crippen molar-refractivity contribution in [3.63, 3.8) is 0 Å². The van der Waals surface area contributed by atoms with E-state index < -0.39 is 6.04 Å². The largest absolute Gasteiger partial charge is 0.467 e. The number of carbonyl (C=O) groups is 2. The number of amides is 1. The van der Waals surface area contributed by atoms with Gasteiger partial charge in [0.15, 0.2) is 0 Å². The molecule has 5 heteroatoms. The van der Waals surface area contributed by atoms with Crippen molar-refractivity contribution in [2.24, 2.45) is 0 Å². The predicted molar refractivity (Wildman–Crippen MR) is 85.1 cm³/mol. The molecule has 1 atom stereocenters. The molecule has 2 rings (SSSR count). The van der Waals surface area contributed by atoms with Gasteiger partial charge in [0.05, 0.1) is 7.11 Å². The number of nitrogens with two attached hydrogens (primary N) is 1. The summed E-state index contributed by atoms with van der Waals surface area (Å²) < 4.78 is 4.88. The predicted octanol–water partition coefficient (Wildman–Crippen LogP) is 2.28. The third kappa shape index (κ3) is 3.59. The van der Waals surface area contributed by atoms with Crippen LogP contribution in [0.4, 0.5) is 5.69 Å². The third-order valence-electron chi connectivity index (χ3n) is 4.15. The SMILES string of the molecule is CCCCCC(=O)N1Cc2cc(N)ccc2C[C@H]1C(=O)OC. The lowest BCUT2D eigenvalue weighted by atomic mass is 9.93. The first-order valence-corrected chi connectivity index (χ1v) is 7.81. The number of ether oxygens (including phenoxy) is 1. The number of esters is 1. The number of hydrogen-bond acceptors (Lipinski definition) is 4. The van der Waals surface area contributed by atoms with E-state index in [1.54, 1.807) is 4.90 Å². The Morgan fingerprint density at radius 2 is 2.09 bits per heavy atom. The molecule has 0 saturated carbocycles. The number of hydrogen-bond donors (Lipinski definition) is 1. The quantitative estimate of drug-likeness (QED) is 0.514. The molecule has 0 bridgehead atoms. The molecule has 0 spiro atoms. The van der Waals surface area contributed by atoms with E-state index in [1.807, 2.05) is 18.2 Å². The molecule has 0 radical (unpaired) electrons. The van der Waals surface area contributed by atoms with Crippen LogP contribution in [0.25, 0.3) is 0 Å². The summed E-state index contributed by atoms with van der Waals surface area (Å²) in [7, 11) is 1.36. The molecule has 120 valence electrons. The Kier molecular flexibility index (Phi) is 5.41. The van der Waals surface area contributed by atoms with Gasteiger partial charge in [-0.1, -0.05) is 25.8 Å². The van der Waals surface area contributed by atoms with Crippen LogP contribution in [-0.4, -0.2) is 29.9 Å². The van der Waals surface area contributed by atoms with Crippen LogP contribution in [0, 0.1) is 0 Å². The Morgan fingerprint density at radius 1 is 1.32 bits per heavy atom. The monoisotopic (exact) mass is 304 g/mol. The Bertz CT molecular complexity index is 557. The zero-order valence-corrected chi connectivity index (χ0v) is 13.3. The lowest BCUT2D eigenvalue weighted by Gasteiger charge is -2.35. The summed E-state index contributed by atoms with van der Waals surface area (Å²) in [4.78, 5) is 26.2. The summed E-state index contributed by atoms with van der Waals surface area (Å²) >= 11 is 0. The first kappa shape index (κ1) is 16.3. The molecule has 1 amide bonds. The molecule has 1 aliphatic heterocycles. The van der Waals surface area contributed by atoms with Crippen molar-refractivity contribution in [2.75, 3.05) is 12.8 Å². The Balaban J connectivity index is 2.20. The molecule has 0 fully saturated rings. The zero-order valence-electron chi connectivity index (χ0n) is 13.3. The van der Waals surface area contributed by atoms with Crippen molar-refractivity contribution in [3.05, 3.63) is 29.3 Å². The fourth-order valence-electron chi connectivity index (χ4n) is 2.88. The number of fused-ring (bicyclic) bond motifs is 1. The minimum absolute atomic E-state index is 0.0110. The van der Waals surface area contributed by atoms with Crippen LogP contribution >= 0.6 is 0 Å². The van der Waals surface area contributed by atoms with Gasteiger partial charge in [0.1, 0.15) is 6.04 Å². The van der Waals surface area contributed by atoms with Crippen molar-refractivity contribution in [1.82, 2.24) is 4.90 Å². The molecule has 22 heavy (non-hydrogen) atoms. The van der Waals surface area contributed by atoms with E-state index in [-0.39, 0.29) is 11.9 Å². The van der Waals surface area contributed by atoms with Gasteiger partial charge in [-0.3, -0.25) is 4.79 Å². The van der Waals surface area contributed by atoms with Crippen LogP contribution < -0.4 is 5.73 Å². The van der Waals surface area contributed by atoms with E-state index in [1.165, 1.54) is 7.11 Å². The fraction of sp³-hybridized carbons (Fsp3) is 0.529. The van der Waals surface area contributed by atoms with Gasteiger partial charge in [0, 0.05) is 25.1 Å². The lowest BCUT2D eigenvalue weighted by Crippen LogP contribution is -2.49. The molecular formula is C17H24N2O3. The van der Waals surface area contributed by atoms with Gasteiger partial charge >= 0.3 is 5.97 Å². The molecule has 1 aromatic rings. The van der Waals surface area contributed by atoms with E-state index in [0.29, 0.717) is 25.1 Å². The van der Waals surface area contributed by atoms with Crippen LogP contribution in [0.5, 0.6) is 0 Å². The fourth-order valence-corrected chi connectivity index (χ4v) is 2.88. The van der Waals surface area contributed by atoms with Crippen molar-refractivity contribution in [1.29, 1.82) is 0 Å². The molecule has 0 unspecified atom stereocenters. The van der Waals surface area contributed by atoms with Gasteiger partial charge in [-0.2, -0.15) is 0 Å². The molecule has 0 saturated heterocycles. The highest BCUT2D eigenvalue weighted by Crippen LogP contribution is 2.26. The van der Waals surface area contributed by atoms with Crippen LogP contribution in [0.1, 0.15) is 43.7 Å². The van der Waals surface area contributed by atoms with Gasteiger partial charge in [-0.05, 0) is 29.7 Å². The van der Waals surface area contributed by atoms with Crippen LogP contribution in [0.2, 0.25) is 0 Å². The minimum atomic E-state index is -0.532. The zero-order chi connectivity index (χ0) is 16.1. The van der Waals surface area contributed by atoms with Gasteiger partial charge < -0.3 is 15.4 Å². The number of anilines is 1. The number of methoxy groups -OCH3 is 1. The smallest absolute Gasteiger partial charge is 0.328 e. The first-order valence-electron chi connectivity index (χ1n) is 7.81. The second-order valence-corrected chi connectivity index (χ2v) is 5.75. The van der Waals surface area contributed by atoms with Gasteiger partial charge in [-0.15, -0.1) is 0 Å². The number of rotatable bonds is 5. The number of benzene rings is 1. The topological polar surface area (TPSA) is 72.6 Å². The average Bonchev–Trinajstić information content (AvgIpc) is 2.52. The third-order valence-corrected chi connectivity index (χ3v) is 4.15. The maximum absolute atomic E-state index is 12.5. The summed E-state index contributed by atoms with van der Waals surface area (Å²) in [5, 5.41) is 0. The summed E-state index contributed by atoms with van der Waals surface area (Å²) in [5.41, 5.74) is 8.58. The van der Waals surface area contributed by atoms with Crippen LogP contribution in [-0.2, 0) is 27.3 Å². The molecule has 1 aromatic carbocycles. The number of nitrogens with zero attached hydrogens (tertiary/aromatic N) is 1. The van der Waals surface area contributed by atoms with Crippen molar-refractivity contribution < 1.29 is 14.3 Å². The average molecular weight is 304 g/mol. The van der Waals surface area contributed by atoms with Crippen molar-refractivity contribution in [3.8, 4) is 0 Å².